The van der Waals surface area contributed by atoms with Crippen LogP contribution in [0.15, 0.2) is 24.3 Å². The van der Waals surface area contributed by atoms with E-state index in [0.29, 0.717) is 6.42 Å². The number of anilines is 1. The molecule has 0 aliphatic carbocycles. The zero-order valence-corrected chi connectivity index (χ0v) is 13.6. The second kappa shape index (κ2) is 5.96. The smallest absolute Gasteiger partial charge is 0.155 e. The Kier molecular flexibility index (Phi) is 4.98. The molecule has 20 heavy (non-hydrogen) atoms. The third-order valence-corrected chi connectivity index (χ3v) is 3.08. The summed E-state index contributed by atoms with van der Waals surface area (Å²) in [6.07, 6.45) is 0.688. The summed E-state index contributed by atoms with van der Waals surface area (Å²) in [4.78, 5) is 12.6. The van der Waals surface area contributed by atoms with Crippen LogP contribution in [0.4, 0.5) is 5.69 Å². The van der Waals surface area contributed by atoms with Crippen LogP contribution in [0, 0.1) is 5.41 Å². The maximum absolute atomic E-state index is 12.6. The summed E-state index contributed by atoms with van der Waals surface area (Å²) in [7, 11) is 0. The summed E-state index contributed by atoms with van der Waals surface area (Å²) in [5.74, 6) is 0.240. The molecule has 3 nitrogen and oxygen atoms in total. The van der Waals surface area contributed by atoms with E-state index in [1.807, 2.05) is 45.0 Å². The molecule has 1 aromatic rings. The zero-order chi connectivity index (χ0) is 15.6. The highest BCUT2D eigenvalue weighted by atomic mass is 16.1. The average molecular weight is 276 g/mol. The Bertz CT molecular complexity index is 449. The Balaban J connectivity index is 2.93. The van der Waals surface area contributed by atoms with Gasteiger partial charge in [-0.1, -0.05) is 32.9 Å². The minimum absolute atomic E-state index is 0.0978. The first-order chi connectivity index (χ1) is 8.99. The van der Waals surface area contributed by atoms with E-state index in [2.05, 4.69) is 26.1 Å². The van der Waals surface area contributed by atoms with Gasteiger partial charge in [0.2, 0.25) is 0 Å². The van der Waals surface area contributed by atoms with Crippen LogP contribution in [0.25, 0.3) is 0 Å². The van der Waals surface area contributed by atoms with E-state index in [4.69, 9.17) is 5.73 Å². The molecule has 0 unspecified atom stereocenters. The van der Waals surface area contributed by atoms with Crippen molar-refractivity contribution in [2.45, 2.75) is 59.5 Å². The largest absolute Gasteiger partial charge is 0.399 e. The summed E-state index contributed by atoms with van der Waals surface area (Å²) < 4.78 is 0. The van der Waals surface area contributed by atoms with Crippen molar-refractivity contribution in [2.75, 3.05) is 5.73 Å². The van der Waals surface area contributed by atoms with Gasteiger partial charge in [-0.3, -0.25) is 4.79 Å². The number of nitrogens with one attached hydrogen (secondary N) is 1. The maximum atomic E-state index is 12.6. The van der Waals surface area contributed by atoms with Gasteiger partial charge in [0.05, 0.1) is 6.04 Å². The van der Waals surface area contributed by atoms with E-state index in [9.17, 15) is 4.79 Å². The van der Waals surface area contributed by atoms with Crippen molar-refractivity contribution in [2.24, 2.45) is 5.41 Å². The monoisotopic (exact) mass is 276 g/mol. The quantitative estimate of drug-likeness (QED) is 0.830. The predicted molar refractivity (Wildman–Crippen MR) is 85.7 cm³/mol. The molecule has 0 aliphatic heterocycles. The first-order valence-corrected chi connectivity index (χ1v) is 7.15. The summed E-state index contributed by atoms with van der Waals surface area (Å²) in [5.41, 5.74) is 7.13. The Morgan fingerprint density at radius 2 is 1.60 bits per heavy atom. The van der Waals surface area contributed by atoms with Gasteiger partial charge in [0.25, 0.3) is 0 Å². The van der Waals surface area contributed by atoms with Crippen LogP contribution in [-0.4, -0.2) is 17.4 Å². The molecule has 0 aromatic heterocycles. The van der Waals surface area contributed by atoms with Crippen LogP contribution < -0.4 is 11.1 Å². The molecule has 0 spiro atoms. The van der Waals surface area contributed by atoms with Crippen molar-refractivity contribution < 1.29 is 4.79 Å². The Morgan fingerprint density at radius 1 is 1.10 bits per heavy atom. The van der Waals surface area contributed by atoms with Crippen LogP contribution in [0.3, 0.4) is 0 Å². The summed E-state index contributed by atoms with van der Waals surface area (Å²) in [6, 6.07) is 7.56. The van der Waals surface area contributed by atoms with E-state index in [0.717, 1.165) is 11.3 Å². The molecular formula is C17H28N2O. The highest BCUT2D eigenvalue weighted by molar-refractivity contribution is 5.89. The fourth-order valence-corrected chi connectivity index (χ4v) is 2.14. The second-order valence-corrected chi connectivity index (χ2v) is 7.51. The van der Waals surface area contributed by atoms with Crippen molar-refractivity contribution in [1.82, 2.24) is 5.32 Å². The molecule has 0 bridgehead atoms. The van der Waals surface area contributed by atoms with Gasteiger partial charge in [-0.2, -0.15) is 0 Å². The Labute approximate surface area is 122 Å². The molecule has 0 saturated heterocycles. The fraction of sp³-hybridized carbons (Fsp3) is 0.588. The van der Waals surface area contributed by atoms with Crippen LogP contribution in [0.1, 0.15) is 47.1 Å². The minimum atomic E-state index is -0.350. The lowest BCUT2D eigenvalue weighted by molar-refractivity contribution is -0.128. The first-order valence-electron chi connectivity index (χ1n) is 7.15. The van der Waals surface area contributed by atoms with Crippen LogP contribution in [0.5, 0.6) is 0 Å². The topological polar surface area (TPSA) is 55.1 Å². The van der Waals surface area contributed by atoms with Gasteiger partial charge in [-0.15, -0.1) is 0 Å². The van der Waals surface area contributed by atoms with Crippen molar-refractivity contribution in [1.29, 1.82) is 0 Å². The SMILES string of the molecule is CC(C)(C)N[C@@H](Cc1ccc(N)cc1)C(=O)C(C)(C)C. The fourth-order valence-electron chi connectivity index (χ4n) is 2.14. The van der Waals surface area contributed by atoms with Gasteiger partial charge in [-0.05, 0) is 44.9 Å². The third-order valence-electron chi connectivity index (χ3n) is 3.08. The van der Waals surface area contributed by atoms with Crippen molar-refractivity contribution in [3.05, 3.63) is 29.8 Å². The van der Waals surface area contributed by atoms with Crippen molar-refractivity contribution in [3.63, 3.8) is 0 Å². The van der Waals surface area contributed by atoms with Crippen LogP contribution in [0.2, 0.25) is 0 Å². The maximum Gasteiger partial charge on any atom is 0.155 e. The van der Waals surface area contributed by atoms with Gasteiger partial charge < -0.3 is 11.1 Å². The number of Topliss-reactive ketones (excluding diaryl/α,β-unsaturated/α-hetero) is 1. The van der Waals surface area contributed by atoms with E-state index in [1.165, 1.54) is 0 Å². The molecule has 1 rings (SSSR count). The number of rotatable bonds is 4. The molecule has 112 valence electrons. The molecule has 3 heteroatoms. The third kappa shape index (κ3) is 5.33. The van der Waals surface area contributed by atoms with E-state index >= 15 is 0 Å². The van der Waals surface area contributed by atoms with E-state index in [-0.39, 0.29) is 22.8 Å². The standard InChI is InChI=1S/C17H28N2O/c1-16(2,3)15(20)14(19-17(4,5)6)11-12-7-9-13(18)10-8-12/h7-10,14,19H,11,18H2,1-6H3/t14-/m0/s1. The number of hydrogen-bond acceptors (Lipinski definition) is 3. The van der Waals surface area contributed by atoms with Crippen molar-refractivity contribution >= 4 is 11.5 Å². The van der Waals surface area contributed by atoms with Gasteiger partial charge in [0.15, 0.2) is 5.78 Å². The lowest BCUT2D eigenvalue weighted by Crippen LogP contribution is -2.51. The number of carbonyl (C=O) groups is 1. The van der Waals surface area contributed by atoms with Gasteiger partial charge >= 0.3 is 0 Å². The first kappa shape index (κ1) is 16.7. The van der Waals surface area contributed by atoms with Crippen LogP contribution >= 0.6 is 0 Å². The summed E-state index contributed by atoms with van der Waals surface area (Å²) in [5, 5.41) is 3.44. The Hall–Kier alpha value is -1.35. The molecular weight excluding hydrogens is 248 g/mol. The number of benzene rings is 1. The molecule has 0 radical (unpaired) electrons. The van der Waals surface area contributed by atoms with E-state index in [1.54, 1.807) is 0 Å². The lowest BCUT2D eigenvalue weighted by atomic mass is 9.83. The number of nitrogens with two attached hydrogens (primary N) is 1. The van der Waals surface area contributed by atoms with Gasteiger partial charge in [0, 0.05) is 16.6 Å². The molecule has 1 atom stereocenters. The molecule has 0 saturated carbocycles. The summed E-state index contributed by atoms with van der Waals surface area (Å²) in [6.45, 7) is 12.2. The molecule has 0 aliphatic rings. The molecule has 0 heterocycles. The molecule has 0 fully saturated rings. The minimum Gasteiger partial charge on any atom is -0.399 e. The highest BCUT2D eigenvalue weighted by Gasteiger charge is 2.31. The summed E-state index contributed by atoms with van der Waals surface area (Å²) >= 11 is 0. The number of nitrogen functional groups attached to an aromatic ring is 1. The molecule has 3 N–H and O–H groups in total. The van der Waals surface area contributed by atoms with Crippen LogP contribution in [-0.2, 0) is 11.2 Å². The second-order valence-electron chi connectivity index (χ2n) is 7.51. The average Bonchev–Trinajstić information content (AvgIpc) is 2.27. The van der Waals surface area contributed by atoms with Gasteiger partial charge in [0.1, 0.15) is 0 Å². The van der Waals surface area contributed by atoms with Gasteiger partial charge in [-0.25, -0.2) is 0 Å². The Morgan fingerprint density at radius 3 is 2.00 bits per heavy atom. The zero-order valence-electron chi connectivity index (χ0n) is 13.6. The number of carbonyl (C=O) groups excluding carboxylic acids is 1. The van der Waals surface area contributed by atoms with Crippen molar-refractivity contribution in [3.8, 4) is 0 Å². The lowest BCUT2D eigenvalue weighted by Gasteiger charge is -2.32. The highest BCUT2D eigenvalue weighted by Crippen LogP contribution is 2.21. The van der Waals surface area contributed by atoms with E-state index < -0.39 is 0 Å². The molecule has 0 amide bonds. The predicted octanol–water partition coefficient (Wildman–Crippen LogP) is 3.18. The number of hydrogen-bond donors (Lipinski definition) is 2. The normalized spacial score (nSPS) is 14.1. The number of ketones is 1. The molecule has 1 aromatic carbocycles.